The first-order valence-electron chi connectivity index (χ1n) is 8.51. The molecule has 3 rings (SSSR count). The van der Waals surface area contributed by atoms with Gasteiger partial charge in [-0.05, 0) is 42.5 Å². The van der Waals surface area contributed by atoms with E-state index in [4.69, 9.17) is 16.0 Å². The number of amides is 2. The molecule has 27 heavy (non-hydrogen) atoms. The molecule has 0 atom stereocenters. The van der Waals surface area contributed by atoms with Crippen LogP contribution in [0.25, 0.3) is 11.3 Å². The van der Waals surface area contributed by atoms with Crippen LogP contribution >= 0.6 is 11.6 Å². The first-order chi connectivity index (χ1) is 12.9. The second-order valence-electron chi connectivity index (χ2n) is 6.32. The average molecular weight is 383 g/mol. The lowest BCUT2D eigenvalue weighted by atomic mass is 10.2. The molecule has 138 valence electrons. The minimum absolute atomic E-state index is 0.0890. The van der Waals surface area contributed by atoms with E-state index in [1.807, 2.05) is 32.0 Å². The molecule has 0 unspecified atom stereocenters. The normalized spacial score (nSPS) is 10.7. The molecule has 0 aliphatic rings. The Hall–Kier alpha value is -3.05. The second kappa shape index (κ2) is 8.10. The molecule has 2 amide bonds. The number of furan rings is 1. The van der Waals surface area contributed by atoms with Gasteiger partial charge >= 0.3 is 0 Å². The summed E-state index contributed by atoms with van der Waals surface area (Å²) in [7, 11) is 0. The van der Waals surface area contributed by atoms with E-state index in [0.29, 0.717) is 22.2 Å². The first kappa shape index (κ1) is 18.7. The van der Waals surface area contributed by atoms with Gasteiger partial charge in [-0.1, -0.05) is 43.6 Å². The van der Waals surface area contributed by atoms with Crippen molar-refractivity contribution in [1.82, 2.24) is 0 Å². The molecule has 0 aliphatic carbocycles. The molecule has 1 heterocycles. The standard InChI is InChI=1S/C21H19ClN2O3/c1-13(2)20(25)23-14-6-5-7-15(12-14)24-21(26)19-11-10-18(27-19)16-8-3-4-9-17(16)22/h3-13H,1-2H3,(H,23,25)(H,24,26). The van der Waals surface area contributed by atoms with Gasteiger partial charge in [0, 0.05) is 22.9 Å². The first-order valence-corrected chi connectivity index (χ1v) is 8.89. The van der Waals surface area contributed by atoms with Crippen molar-refractivity contribution >= 4 is 34.8 Å². The van der Waals surface area contributed by atoms with Crippen LogP contribution in [0, 0.1) is 5.92 Å². The average Bonchev–Trinajstić information content (AvgIpc) is 3.12. The minimum atomic E-state index is -0.388. The summed E-state index contributed by atoms with van der Waals surface area (Å²) in [6.45, 7) is 3.63. The zero-order valence-electron chi connectivity index (χ0n) is 15.0. The predicted octanol–water partition coefficient (Wildman–Crippen LogP) is 5.45. The third-order valence-electron chi connectivity index (χ3n) is 3.88. The van der Waals surface area contributed by atoms with Crippen LogP contribution in [0.5, 0.6) is 0 Å². The van der Waals surface area contributed by atoms with Crippen molar-refractivity contribution in [3.8, 4) is 11.3 Å². The Kier molecular flexibility index (Phi) is 5.62. The van der Waals surface area contributed by atoms with E-state index in [0.717, 1.165) is 5.56 Å². The van der Waals surface area contributed by atoms with Crippen molar-refractivity contribution in [2.24, 2.45) is 5.92 Å². The molecule has 1 aromatic heterocycles. The molecule has 5 nitrogen and oxygen atoms in total. The molecular formula is C21H19ClN2O3. The summed E-state index contributed by atoms with van der Waals surface area (Å²) in [6, 6.07) is 17.5. The molecule has 0 spiro atoms. The van der Waals surface area contributed by atoms with Gasteiger partial charge in [-0.25, -0.2) is 0 Å². The van der Waals surface area contributed by atoms with Crippen LogP contribution in [0.1, 0.15) is 24.4 Å². The molecule has 0 saturated heterocycles. The van der Waals surface area contributed by atoms with Crippen molar-refractivity contribution in [2.45, 2.75) is 13.8 Å². The fourth-order valence-corrected chi connectivity index (χ4v) is 2.65. The van der Waals surface area contributed by atoms with Crippen molar-refractivity contribution in [2.75, 3.05) is 10.6 Å². The maximum absolute atomic E-state index is 12.5. The Balaban J connectivity index is 1.73. The molecular weight excluding hydrogens is 364 g/mol. The molecule has 0 bridgehead atoms. The van der Waals surface area contributed by atoms with Crippen LogP contribution in [0.3, 0.4) is 0 Å². The molecule has 0 fully saturated rings. The van der Waals surface area contributed by atoms with Crippen LogP contribution in [-0.2, 0) is 4.79 Å². The Bertz CT molecular complexity index is 979. The van der Waals surface area contributed by atoms with Gasteiger partial charge in [0.1, 0.15) is 5.76 Å². The smallest absolute Gasteiger partial charge is 0.291 e. The number of hydrogen-bond donors (Lipinski definition) is 2. The van der Waals surface area contributed by atoms with Gasteiger partial charge in [-0.3, -0.25) is 9.59 Å². The van der Waals surface area contributed by atoms with Gasteiger partial charge in [0.2, 0.25) is 5.91 Å². The fourth-order valence-electron chi connectivity index (χ4n) is 2.42. The summed E-state index contributed by atoms with van der Waals surface area (Å²) in [5.74, 6) is 0.0781. The van der Waals surface area contributed by atoms with E-state index in [2.05, 4.69) is 10.6 Å². The maximum atomic E-state index is 12.5. The number of benzene rings is 2. The molecule has 0 radical (unpaired) electrons. The lowest BCUT2D eigenvalue weighted by Crippen LogP contribution is -2.18. The highest BCUT2D eigenvalue weighted by molar-refractivity contribution is 6.33. The van der Waals surface area contributed by atoms with Gasteiger partial charge in [-0.2, -0.15) is 0 Å². The lowest BCUT2D eigenvalue weighted by Gasteiger charge is -2.09. The van der Waals surface area contributed by atoms with Crippen molar-refractivity contribution < 1.29 is 14.0 Å². The van der Waals surface area contributed by atoms with E-state index in [1.54, 1.807) is 42.5 Å². The summed E-state index contributed by atoms with van der Waals surface area (Å²) < 4.78 is 5.64. The van der Waals surface area contributed by atoms with E-state index in [1.165, 1.54) is 0 Å². The summed E-state index contributed by atoms with van der Waals surface area (Å²) in [5.41, 5.74) is 1.89. The van der Waals surface area contributed by atoms with E-state index in [-0.39, 0.29) is 23.5 Å². The maximum Gasteiger partial charge on any atom is 0.291 e. The topological polar surface area (TPSA) is 71.3 Å². The van der Waals surface area contributed by atoms with Gasteiger partial charge in [0.15, 0.2) is 5.76 Å². The number of carbonyl (C=O) groups is 2. The highest BCUT2D eigenvalue weighted by Crippen LogP contribution is 2.29. The Labute approximate surface area is 162 Å². The van der Waals surface area contributed by atoms with Crippen LogP contribution in [0.2, 0.25) is 5.02 Å². The van der Waals surface area contributed by atoms with Crippen molar-refractivity contribution in [3.05, 3.63) is 71.4 Å². The SMILES string of the molecule is CC(C)C(=O)Nc1cccc(NC(=O)c2ccc(-c3ccccc3Cl)o2)c1. The molecule has 2 N–H and O–H groups in total. The van der Waals surface area contributed by atoms with Gasteiger partial charge in [0.05, 0.1) is 5.02 Å². The van der Waals surface area contributed by atoms with Crippen molar-refractivity contribution in [1.29, 1.82) is 0 Å². The summed E-state index contributed by atoms with van der Waals surface area (Å²) in [4.78, 5) is 24.3. The number of halogens is 1. The van der Waals surface area contributed by atoms with Gasteiger partial charge in [-0.15, -0.1) is 0 Å². The quantitative estimate of drug-likeness (QED) is 0.616. The number of hydrogen-bond acceptors (Lipinski definition) is 3. The molecule has 2 aromatic carbocycles. The third kappa shape index (κ3) is 4.57. The Morgan fingerprint density at radius 1 is 0.926 bits per heavy atom. The monoisotopic (exact) mass is 382 g/mol. The molecule has 0 saturated carbocycles. The summed E-state index contributed by atoms with van der Waals surface area (Å²) in [6.07, 6.45) is 0. The summed E-state index contributed by atoms with van der Waals surface area (Å²) in [5, 5.41) is 6.11. The Morgan fingerprint density at radius 3 is 2.33 bits per heavy atom. The predicted molar refractivity (Wildman–Crippen MR) is 107 cm³/mol. The van der Waals surface area contributed by atoms with Crippen LogP contribution in [0.15, 0.2) is 65.1 Å². The van der Waals surface area contributed by atoms with E-state index >= 15 is 0 Å². The zero-order chi connectivity index (χ0) is 19.4. The summed E-state index contributed by atoms with van der Waals surface area (Å²) >= 11 is 6.16. The number of carbonyl (C=O) groups excluding carboxylic acids is 2. The highest BCUT2D eigenvalue weighted by atomic mass is 35.5. The second-order valence-corrected chi connectivity index (χ2v) is 6.73. The zero-order valence-corrected chi connectivity index (χ0v) is 15.7. The van der Waals surface area contributed by atoms with Crippen LogP contribution < -0.4 is 10.6 Å². The van der Waals surface area contributed by atoms with E-state index in [9.17, 15) is 9.59 Å². The lowest BCUT2D eigenvalue weighted by molar-refractivity contribution is -0.118. The van der Waals surface area contributed by atoms with E-state index < -0.39 is 0 Å². The van der Waals surface area contributed by atoms with Gasteiger partial charge < -0.3 is 15.1 Å². The molecule has 6 heteroatoms. The van der Waals surface area contributed by atoms with Crippen LogP contribution in [-0.4, -0.2) is 11.8 Å². The number of nitrogens with one attached hydrogen (secondary N) is 2. The Morgan fingerprint density at radius 2 is 1.63 bits per heavy atom. The molecule has 3 aromatic rings. The largest absolute Gasteiger partial charge is 0.451 e. The number of rotatable bonds is 5. The van der Waals surface area contributed by atoms with Gasteiger partial charge in [0.25, 0.3) is 5.91 Å². The number of anilines is 2. The highest BCUT2D eigenvalue weighted by Gasteiger charge is 2.14. The molecule has 0 aliphatic heterocycles. The minimum Gasteiger partial charge on any atom is -0.451 e. The van der Waals surface area contributed by atoms with Crippen molar-refractivity contribution in [3.63, 3.8) is 0 Å². The third-order valence-corrected chi connectivity index (χ3v) is 4.21. The van der Waals surface area contributed by atoms with Crippen LogP contribution in [0.4, 0.5) is 11.4 Å². The fraction of sp³-hybridized carbons (Fsp3) is 0.143.